The first-order chi connectivity index (χ1) is 6.77. The van der Waals surface area contributed by atoms with Crippen molar-refractivity contribution < 1.29 is 9.53 Å². The first-order valence-corrected chi connectivity index (χ1v) is 5.36. The van der Waals surface area contributed by atoms with E-state index in [1.54, 1.807) is 0 Å². The molecule has 0 aromatic heterocycles. The molecule has 1 unspecified atom stereocenters. The van der Waals surface area contributed by atoms with E-state index >= 15 is 0 Å². The third kappa shape index (κ3) is 4.82. The third-order valence-corrected chi connectivity index (χ3v) is 2.54. The quantitative estimate of drug-likeness (QED) is 0.780. The molecule has 90 valence electrons. The molecule has 0 spiro atoms. The summed E-state index contributed by atoms with van der Waals surface area (Å²) in [6.45, 7) is 7.88. The first kappa shape index (κ1) is 14.7. The highest BCUT2D eigenvalue weighted by Gasteiger charge is 2.19. The molecule has 5 heteroatoms. The molecule has 1 fully saturated rings. The molecule has 1 rings (SSSR count). The highest BCUT2D eigenvalue weighted by atomic mass is 35.5. The summed E-state index contributed by atoms with van der Waals surface area (Å²) in [7, 11) is 0. The largest absolute Gasteiger partial charge is 0.378 e. The van der Waals surface area contributed by atoms with Crippen LogP contribution in [-0.4, -0.2) is 49.7 Å². The van der Waals surface area contributed by atoms with Crippen molar-refractivity contribution >= 4 is 18.3 Å². The number of carbonyl (C=O) groups is 1. The molecule has 4 nitrogen and oxygen atoms in total. The minimum absolute atomic E-state index is 0. The van der Waals surface area contributed by atoms with E-state index in [0.29, 0.717) is 13.0 Å². The molecule has 0 aromatic rings. The summed E-state index contributed by atoms with van der Waals surface area (Å²) in [5, 5.41) is 3.28. The van der Waals surface area contributed by atoms with Gasteiger partial charge in [0.25, 0.3) is 0 Å². The Morgan fingerprint density at radius 3 is 2.60 bits per heavy atom. The third-order valence-electron chi connectivity index (χ3n) is 2.54. The Morgan fingerprint density at radius 1 is 1.47 bits per heavy atom. The number of hydrogen-bond acceptors (Lipinski definition) is 3. The minimum atomic E-state index is 0. The Balaban J connectivity index is 0.00000196. The summed E-state index contributed by atoms with van der Waals surface area (Å²) in [5.74, 6) is 0.220. The Hall–Kier alpha value is -0.320. The van der Waals surface area contributed by atoms with Gasteiger partial charge in [-0.3, -0.25) is 4.79 Å². The molecule has 0 aliphatic carbocycles. The maximum absolute atomic E-state index is 11.7. The average Bonchev–Trinajstić information content (AvgIpc) is 2.21. The van der Waals surface area contributed by atoms with Crippen molar-refractivity contribution in [1.82, 2.24) is 10.2 Å². The van der Waals surface area contributed by atoms with Crippen molar-refractivity contribution in [3.8, 4) is 0 Å². The van der Waals surface area contributed by atoms with Gasteiger partial charge in [-0.1, -0.05) is 0 Å². The van der Waals surface area contributed by atoms with Crippen molar-refractivity contribution in [2.24, 2.45) is 0 Å². The molecule has 1 amide bonds. The van der Waals surface area contributed by atoms with Crippen LogP contribution in [-0.2, 0) is 9.53 Å². The molecule has 1 N–H and O–H groups in total. The number of morpholine rings is 1. The summed E-state index contributed by atoms with van der Waals surface area (Å²) in [6.07, 6.45) is 0.557. The molecule has 1 aliphatic heterocycles. The van der Waals surface area contributed by atoms with Gasteiger partial charge in [-0.25, -0.2) is 0 Å². The van der Waals surface area contributed by atoms with Gasteiger partial charge in [0, 0.05) is 32.1 Å². The highest BCUT2D eigenvalue weighted by molar-refractivity contribution is 5.85. The Kier molecular flexibility index (Phi) is 7.74. The number of halogens is 1. The molecule has 15 heavy (non-hydrogen) atoms. The van der Waals surface area contributed by atoms with Gasteiger partial charge in [0.05, 0.1) is 13.2 Å². The fourth-order valence-electron chi connectivity index (χ4n) is 1.67. The number of hydrogen-bond donors (Lipinski definition) is 1. The van der Waals surface area contributed by atoms with Gasteiger partial charge >= 0.3 is 0 Å². The van der Waals surface area contributed by atoms with E-state index in [9.17, 15) is 4.79 Å². The second kappa shape index (κ2) is 7.91. The van der Waals surface area contributed by atoms with Crippen LogP contribution in [0.2, 0.25) is 0 Å². The van der Waals surface area contributed by atoms with Crippen molar-refractivity contribution in [1.29, 1.82) is 0 Å². The fraction of sp³-hybridized carbons (Fsp3) is 0.900. The van der Waals surface area contributed by atoms with Gasteiger partial charge in [0.2, 0.25) is 5.91 Å². The molecular formula is C10H21ClN2O2. The van der Waals surface area contributed by atoms with Gasteiger partial charge in [-0.05, 0) is 13.8 Å². The molecular weight excluding hydrogens is 216 g/mol. The zero-order chi connectivity index (χ0) is 10.4. The van der Waals surface area contributed by atoms with Crippen molar-refractivity contribution in [3.63, 3.8) is 0 Å². The number of nitrogens with zero attached hydrogens (tertiary/aromatic N) is 1. The van der Waals surface area contributed by atoms with E-state index in [4.69, 9.17) is 4.74 Å². The lowest BCUT2D eigenvalue weighted by Crippen LogP contribution is -2.45. The second-order valence-corrected chi connectivity index (χ2v) is 3.50. The van der Waals surface area contributed by atoms with E-state index < -0.39 is 0 Å². The summed E-state index contributed by atoms with van der Waals surface area (Å²) >= 11 is 0. The maximum Gasteiger partial charge on any atom is 0.224 e. The van der Waals surface area contributed by atoms with E-state index in [1.165, 1.54) is 0 Å². The Morgan fingerprint density at radius 2 is 2.13 bits per heavy atom. The number of amides is 1. The summed E-state index contributed by atoms with van der Waals surface area (Å²) < 4.78 is 5.30. The lowest BCUT2D eigenvalue weighted by molar-refractivity contribution is -0.132. The molecule has 1 saturated heterocycles. The minimum Gasteiger partial charge on any atom is -0.378 e. The van der Waals surface area contributed by atoms with Crippen LogP contribution in [0, 0.1) is 0 Å². The van der Waals surface area contributed by atoms with Crippen LogP contribution >= 0.6 is 12.4 Å². The van der Waals surface area contributed by atoms with Gasteiger partial charge in [0.15, 0.2) is 0 Å². The predicted octanol–water partition coefficient (Wildman–Crippen LogP) is 0.655. The van der Waals surface area contributed by atoms with Crippen LogP contribution in [0.15, 0.2) is 0 Å². The highest BCUT2D eigenvalue weighted by Crippen LogP contribution is 2.02. The van der Waals surface area contributed by atoms with Crippen LogP contribution in [0.5, 0.6) is 0 Å². The van der Waals surface area contributed by atoms with Crippen molar-refractivity contribution in [2.75, 3.05) is 32.8 Å². The zero-order valence-electron chi connectivity index (χ0n) is 9.49. The lowest BCUT2D eigenvalue weighted by atomic mass is 10.2. The molecule has 1 aliphatic rings. The maximum atomic E-state index is 11.7. The fourth-order valence-corrected chi connectivity index (χ4v) is 1.67. The number of carbonyl (C=O) groups excluding carboxylic acids is 1. The Bertz CT molecular complexity index is 180. The van der Waals surface area contributed by atoms with E-state index in [2.05, 4.69) is 5.32 Å². The first-order valence-electron chi connectivity index (χ1n) is 5.36. The van der Waals surface area contributed by atoms with Gasteiger partial charge in [-0.2, -0.15) is 0 Å². The zero-order valence-corrected chi connectivity index (χ0v) is 10.3. The Labute approximate surface area is 97.8 Å². The molecule has 0 bridgehead atoms. The molecule has 0 radical (unpaired) electrons. The average molecular weight is 237 g/mol. The second-order valence-electron chi connectivity index (χ2n) is 3.50. The lowest BCUT2D eigenvalue weighted by Gasteiger charge is -2.26. The molecule has 0 aromatic carbocycles. The molecule has 1 heterocycles. The van der Waals surface area contributed by atoms with Crippen LogP contribution in [0.4, 0.5) is 0 Å². The summed E-state index contributed by atoms with van der Waals surface area (Å²) in [4.78, 5) is 13.6. The van der Waals surface area contributed by atoms with Crippen LogP contribution in [0.3, 0.4) is 0 Å². The number of rotatable bonds is 4. The van der Waals surface area contributed by atoms with E-state index in [0.717, 1.165) is 26.2 Å². The topological polar surface area (TPSA) is 41.6 Å². The number of ether oxygens (including phenoxy) is 1. The number of nitrogens with one attached hydrogen (secondary N) is 1. The van der Waals surface area contributed by atoms with Crippen LogP contribution in [0.1, 0.15) is 20.3 Å². The van der Waals surface area contributed by atoms with Crippen molar-refractivity contribution in [3.05, 3.63) is 0 Å². The standard InChI is InChI=1S/C10H20N2O2.ClH/c1-3-12(4-2)10(13)7-9-8-14-6-5-11-9;/h9,11H,3-8H2,1-2H3;1H. The van der Waals surface area contributed by atoms with Crippen LogP contribution in [0.25, 0.3) is 0 Å². The monoisotopic (exact) mass is 236 g/mol. The van der Waals surface area contributed by atoms with Crippen molar-refractivity contribution in [2.45, 2.75) is 26.3 Å². The van der Waals surface area contributed by atoms with Gasteiger partial charge < -0.3 is 15.0 Å². The SMILES string of the molecule is CCN(CC)C(=O)CC1COCCN1.Cl. The van der Waals surface area contributed by atoms with Gasteiger partial charge in [-0.15, -0.1) is 12.4 Å². The summed E-state index contributed by atoms with van der Waals surface area (Å²) in [6, 6.07) is 0.205. The summed E-state index contributed by atoms with van der Waals surface area (Å²) in [5.41, 5.74) is 0. The van der Waals surface area contributed by atoms with E-state index in [1.807, 2.05) is 18.7 Å². The smallest absolute Gasteiger partial charge is 0.224 e. The van der Waals surface area contributed by atoms with Crippen LogP contribution < -0.4 is 5.32 Å². The molecule has 0 saturated carbocycles. The van der Waals surface area contributed by atoms with Gasteiger partial charge in [0.1, 0.15) is 0 Å². The normalized spacial score (nSPS) is 20.5. The predicted molar refractivity (Wildman–Crippen MR) is 62.4 cm³/mol. The van der Waals surface area contributed by atoms with E-state index in [-0.39, 0.29) is 24.4 Å². The molecule has 1 atom stereocenters.